The number of ether oxygens (including phenoxy) is 1. The molecule has 4 aromatic rings. The molecule has 5 rings (SSSR count). The van der Waals surface area contributed by atoms with E-state index in [1.807, 2.05) is 55.6 Å². The SMILES string of the molecule is CNC1CCC(N(Cc2ccc(OC)c(-c3ccc(C#N)cc3)c2)[C@@H](O)c2sc3ccccc3c2Cl)CC1. The van der Waals surface area contributed by atoms with Crippen molar-refractivity contribution in [1.29, 1.82) is 5.26 Å². The van der Waals surface area contributed by atoms with Gasteiger partial charge in [0.25, 0.3) is 0 Å². The molecule has 1 heterocycles. The van der Waals surface area contributed by atoms with E-state index in [0.29, 0.717) is 23.2 Å². The highest BCUT2D eigenvalue weighted by Gasteiger charge is 2.32. The highest BCUT2D eigenvalue weighted by atomic mass is 35.5. The number of thiophene rings is 1. The molecular formula is C31H32ClN3O2S. The lowest BCUT2D eigenvalue weighted by molar-refractivity contribution is -0.0428. The van der Waals surface area contributed by atoms with Crippen LogP contribution in [0.2, 0.25) is 5.02 Å². The van der Waals surface area contributed by atoms with Crippen LogP contribution in [0.4, 0.5) is 0 Å². The Morgan fingerprint density at radius 3 is 2.50 bits per heavy atom. The molecule has 2 N–H and O–H groups in total. The van der Waals surface area contributed by atoms with Gasteiger partial charge in [-0.25, -0.2) is 0 Å². The Bertz CT molecular complexity index is 1440. The maximum atomic E-state index is 11.8. The number of fused-ring (bicyclic) bond motifs is 1. The quantitative estimate of drug-likeness (QED) is 0.231. The van der Waals surface area contributed by atoms with Crippen molar-refractivity contribution in [2.45, 2.75) is 50.5 Å². The van der Waals surface area contributed by atoms with Crippen molar-refractivity contribution < 1.29 is 9.84 Å². The molecule has 38 heavy (non-hydrogen) atoms. The average Bonchev–Trinajstić information content (AvgIpc) is 3.32. The Kier molecular flexibility index (Phi) is 8.32. The van der Waals surface area contributed by atoms with Gasteiger partial charge in [0.05, 0.1) is 28.6 Å². The van der Waals surface area contributed by atoms with Crippen molar-refractivity contribution in [3.63, 3.8) is 0 Å². The summed E-state index contributed by atoms with van der Waals surface area (Å²) in [5.41, 5.74) is 3.65. The molecule has 1 aliphatic carbocycles. The summed E-state index contributed by atoms with van der Waals surface area (Å²) < 4.78 is 6.75. The Labute approximate surface area is 233 Å². The van der Waals surface area contributed by atoms with Gasteiger partial charge >= 0.3 is 0 Å². The molecule has 0 radical (unpaired) electrons. The Morgan fingerprint density at radius 2 is 1.84 bits per heavy atom. The predicted molar refractivity (Wildman–Crippen MR) is 156 cm³/mol. The minimum Gasteiger partial charge on any atom is -0.496 e. The topological polar surface area (TPSA) is 68.5 Å². The number of rotatable bonds is 8. The summed E-state index contributed by atoms with van der Waals surface area (Å²) in [6.07, 6.45) is 3.34. The normalized spacial score (nSPS) is 18.4. The molecule has 5 nitrogen and oxygen atoms in total. The van der Waals surface area contributed by atoms with Crippen LogP contribution in [0.1, 0.15) is 47.9 Å². The monoisotopic (exact) mass is 545 g/mol. The van der Waals surface area contributed by atoms with E-state index < -0.39 is 6.23 Å². The number of methoxy groups -OCH3 is 1. The second-order valence-electron chi connectivity index (χ2n) is 9.84. The van der Waals surface area contributed by atoms with Crippen molar-refractivity contribution in [3.8, 4) is 22.9 Å². The van der Waals surface area contributed by atoms with Crippen molar-refractivity contribution >= 4 is 33.0 Å². The number of aliphatic hydroxyl groups is 1. The molecule has 196 valence electrons. The third-order valence-electron chi connectivity index (χ3n) is 7.64. The summed E-state index contributed by atoms with van der Waals surface area (Å²) in [5, 5.41) is 26.1. The number of hydrogen-bond donors (Lipinski definition) is 2. The number of hydrogen-bond acceptors (Lipinski definition) is 6. The highest BCUT2D eigenvalue weighted by Crippen LogP contribution is 2.42. The largest absolute Gasteiger partial charge is 0.496 e. The van der Waals surface area contributed by atoms with E-state index in [9.17, 15) is 10.4 Å². The predicted octanol–water partition coefficient (Wildman–Crippen LogP) is 7.13. The van der Waals surface area contributed by atoms with E-state index in [2.05, 4.69) is 34.5 Å². The van der Waals surface area contributed by atoms with Gasteiger partial charge in [-0.2, -0.15) is 5.26 Å². The van der Waals surface area contributed by atoms with E-state index in [1.54, 1.807) is 18.4 Å². The van der Waals surface area contributed by atoms with Gasteiger partial charge in [-0.15, -0.1) is 11.3 Å². The number of nitrogens with one attached hydrogen (secondary N) is 1. The van der Waals surface area contributed by atoms with Crippen LogP contribution in [0.25, 0.3) is 21.2 Å². The van der Waals surface area contributed by atoms with E-state index in [0.717, 1.165) is 63.1 Å². The van der Waals surface area contributed by atoms with Gasteiger partial charge in [0.15, 0.2) is 0 Å². The van der Waals surface area contributed by atoms with Gasteiger partial charge in [-0.1, -0.05) is 48.0 Å². The molecule has 1 saturated carbocycles. The van der Waals surface area contributed by atoms with Crippen molar-refractivity contribution in [1.82, 2.24) is 10.2 Å². The summed E-state index contributed by atoms with van der Waals surface area (Å²) in [4.78, 5) is 3.01. The molecule has 3 aromatic carbocycles. The molecule has 0 amide bonds. The number of benzene rings is 3. The number of nitriles is 1. The Hall–Kier alpha value is -2.92. The molecule has 0 bridgehead atoms. The van der Waals surface area contributed by atoms with Gasteiger partial charge in [0, 0.05) is 34.3 Å². The lowest BCUT2D eigenvalue weighted by Gasteiger charge is -2.39. The first-order valence-corrected chi connectivity index (χ1v) is 14.2. The number of nitrogens with zero attached hydrogens (tertiary/aromatic N) is 2. The molecule has 1 aromatic heterocycles. The smallest absolute Gasteiger partial charge is 0.144 e. The maximum absolute atomic E-state index is 11.8. The van der Waals surface area contributed by atoms with Crippen molar-refractivity contribution in [2.75, 3.05) is 14.2 Å². The zero-order chi connectivity index (χ0) is 26.6. The van der Waals surface area contributed by atoms with Gasteiger partial charge in [0.2, 0.25) is 0 Å². The second kappa shape index (κ2) is 11.9. The zero-order valence-corrected chi connectivity index (χ0v) is 23.2. The van der Waals surface area contributed by atoms with E-state index in [-0.39, 0.29) is 6.04 Å². The lowest BCUT2D eigenvalue weighted by atomic mass is 9.89. The van der Waals surface area contributed by atoms with Crippen LogP contribution in [0.5, 0.6) is 5.75 Å². The lowest BCUT2D eigenvalue weighted by Crippen LogP contribution is -2.43. The summed E-state index contributed by atoms with van der Waals surface area (Å²) in [6, 6.07) is 24.7. The van der Waals surface area contributed by atoms with Crippen LogP contribution in [0.3, 0.4) is 0 Å². The van der Waals surface area contributed by atoms with E-state index in [4.69, 9.17) is 16.3 Å². The number of aliphatic hydroxyl groups excluding tert-OH is 1. The molecule has 1 atom stereocenters. The molecule has 7 heteroatoms. The van der Waals surface area contributed by atoms with Crippen LogP contribution in [0, 0.1) is 11.3 Å². The van der Waals surface area contributed by atoms with Gasteiger partial charge in [0.1, 0.15) is 12.0 Å². The molecule has 0 saturated heterocycles. The molecule has 0 aliphatic heterocycles. The highest BCUT2D eigenvalue weighted by molar-refractivity contribution is 7.19. The third kappa shape index (κ3) is 5.44. The standard InChI is InChI=1S/C31H32ClN3O2S/c1-34-23-12-14-24(15-13-23)35(31(36)30-29(32)25-5-3-4-6-28(25)38-30)19-21-9-16-27(37-2)26(17-21)22-10-7-20(18-33)8-11-22/h3-11,16-17,23-24,31,34,36H,12-15,19H2,1-2H3/t23?,24?,31-/m0/s1. The summed E-state index contributed by atoms with van der Waals surface area (Å²) in [6.45, 7) is 0.577. The molecule has 1 aliphatic rings. The fourth-order valence-electron chi connectivity index (χ4n) is 5.48. The van der Waals surface area contributed by atoms with Crippen LogP contribution < -0.4 is 10.1 Å². The van der Waals surface area contributed by atoms with Crippen LogP contribution in [-0.4, -0.2) is 36.2 Å². The zero-order valence-electron chi connectivity index (χ0n) is 21.7. The van der Waals surface area contributed by atoms with Gasteiger partial charge < -0.3 is 15.2 Å². The maximum Gasteiger partial charge on any atom is 0.144 e. The first kappa shape index (κ1) is 26.7. The van der Waals surface area contributed by atoms with Crippen LogP contribution >= 0.6 is 22.9 Å². The summed E-state index contributed by atoms with van der Waals surface area (Å²) in [5.74, 6) is 0.771. The Morgan fingerprint density at radius 1 is 1.11 bits per heavy atom. The van der Waals surface area contributed by atoms with Crippen molar-refractivity contribution in [2.24, 2.45) is 0 Å². The molecule has 1 fully saturated rings. The van der Waals surface area contributed by atoms with Crippen LogP contribution in [-0.2, 0) is 6.54 Å². The third-order valence-corrected chi connectivity index (χ3v) is 9.37. The molecule has 0 spiro atoms. The average molecular weight is 546 g/mol. The van der Waals surface area contributed by atoms with Gasteiger partial charge in [-0.3, -0.25) is 4.90 Å². The fraction of sp³-hybridized carbons (Fsp3) is 0.323. The summed E-state index contributed by atoms with van der Waals surface area (Å²) in [7, 11) is 3.69. The molecule has 0 unspecified atom stereocenters. The second-order valence-corrected chi connectivity index (χ2v) is 11.3. The molecular weight excluding hydrogens is 514 g/mol. The summed E-state index contributed by atoms with van der Waals surface area (Å²) >= 11 is 8.39. The van der Waals surface area contributed by atoms with E-state index in [1.165, 1.54) is 0 Å². The van der Waals surface area contributed by atoms with Crippen molar-refractivity contribution in [3.05, 3.63) is 87.8 Å². The Balaban J connectivity index is 1.50. The van der Waals surface area contributed by atoms with Crippen LogP contribution in [0.15, 0.2) is 66.7 Å². The first-order valence-electron chi connectivity index (χ1n) is 13.0. The number of halogens is 1. The van der Waals surface area contributed by atoms with E-state index >= 15 is 0 Å². The fourth-order valence-corrected chi connectivity index (χ4v) is 7.01. The minimum atomic E-state index is -0.809. The minimum absolute atomic E-state index is 0.233. The first-order chi connectivity index (χ1) is 18.5. The van der Waals surface area contributed by atoms with Gasteiger partial charge in [-0.05, 0) is 74.2 Å².